The van der Waals surface area contributed by atoms with Crippen LogP contribution < -0.4 is 10.6 Å². The van der Waals surface area contributed by atoms with Gasteiger partial charge in [0.1, 0.15) is 0 Å². The van der Waals surface area contributed by atoms with Gasteiger partial charge in [0, 0.05) is 30.2 Å². The molecule has 1 aliphatic rings. The molecule has 0 saturated carbocycles. The molecule has 3 rings (SSSR count). The molecule has 9 heteroatoms. The summed E-state index contributed by atoms with van der Waals surface area (Å²) >= 11 is 1.05. The lowest BCUT2D eigenvalue weighted by atomic mass is 9.87. The summed E-state index contributed by atoms with van der Waals surface area (Å²) in [5.41, 5.74) is 1.33. The Labute approximate surface area is 170 Å². The summed E-state index contributed by atoms with van der Waals surface area (Å²) in [7, 11) is 0. The lowest BCUT2D eigenvalue weighted by Crippen LogP contribution is -2.31. The number of nitro benzene ring substituents is 1. The Kier molecular flexibility index (Phi) is 6.26. The molecule has 0 bridgehead atoms. The molecule has 0 aliphatic carbocycles. The van der Waals surface area contributed by atoms with Crippen molar-refractivity contribution in [3.8, 4) is 6.07 Å². The molecule has 0 unspecified atom stereocenters. The Bertz CT molecular complexity index is 1030. The number of carbonyl (C=O) groups excluding carboxylic acids is 2. The molecule has 0 aromatic heterocycles. The van der Waals surface area contributed by atoms with Crippen LogP contribution in [-0.4, -0.2) is 22.5 Å². The Morgan fingerprint density at radius 1 is 1.28 bits per heavy atom. The zero-order valence-corrected chi connectivity index (χ0v) is 15.9. The molecule has 2 N–H and O–H groups in total. The van der Waals surface area contributed by atoms with E-state index < -0.39 is 10.8 Å². The molecule has 0 radical (unpaired) electrons. The van der Waals surface area contributed by atoms with E-state index in [9.17, 15) is 25.0 Å². The van der Waals surface area contributed by atoms with Crippen LogP contribution >= 0.6 is 11.8 Å². The van der Waals surface area contributed by atoms with E-state index in [1.54, 1.807) is 30.3 Å². The van der Waals surface area contributed by atoms with E-state index in [0.717, 1.165) is 11.8 Å². The number of nitro groups is 1. The minimum absolute atomic E-state index is 0.00263. The lowest BCUT2D eigenvalue weighted by molar-refractivity contribution is -0.384. The third-order valence-electron chi connectivity index (χ3n) is 4.24. The molecule has 0 spiro atoms. The van der Waals surface area contributed by atoms with E-state index in [1.807, 2.05) is 6.07 Å². The molecular weight excluding hydrogens is 392 g/mol. The number of amides is 2. The third-order valence-corrected chi connectivity index (χ3v) is 5.26. The van der Waals surface area contributed by atoms with Gasteiger partial charge < -0.3 is 10.6 Å². The highest BCUT2D eigenvalue weighted by Gasteiger charge is 2.30. The zero-order valence-electron chi connectivity index (χ0n) is 15.1. The number of rotatable bonds is 6. The van der Waals surface area contributed by atoms with Crippen molar-refractivity contribution in [2.75, 3.05) is 11.1 Å². The fourth-order valence-electron chi connectivity index (χ4n) is 2.93. The molecule has 0 saturated heterocycles. The number of anilines is 1. The topological polar surface area (TPSA) is 125 Å². The Hall–Kier alpha value is -3.64. The number of hydrogen-bond donors (Lipinski definition) is 2. The number of benzene rings is 2. The summed E-state index contributed by atoms with van der Waals surface area (Å²) in [5.74, 6) is -1.20. The van der Waals surface area contributed by atoms with E-state index in [1.165, 1.54) is 18.2 Å². The van der Waals surface area contributed by atoms with Gasteiger partial charge in [0.25, 0.3) is 5.69 Å². The summed E-state index contributed by atoms with van der Waals surface area (Å²) < 4.78 is 0. The average molecular weight is 408 g/mol. The quantitative estimate of drug-likeness (QED) is 0.558. The molecular formula is C20H16N4O4S. The van der Waals surface area contributed by atoms with Gasteiger partial charge in [-0.15, -0.1) is 0 Å². The molecule has 29 heavy (non-hydrogen) atoms. The molecule has 1 heterocycles. The first kappa shape index (κ1) is 20.1. The van der Waals surface area contributed by atoms with Crippen molar-refractivity contribution in [2.45, 2.75) is 12.3 Å². The summed E-state index contributed by atoms with van der Waals surface area (Å²) in [6.07, 6.45) is 0.00430. The molecule has 8 nitrogen and oxygen atoms in total. The van der Waals surface area contributed by atoms with Crippen molar-refractivity contribution in [1.29, 1.82) is 5.26 Å². The van der Waals surface area contributed by atoms with Gasteiger partial charge in [-0.25, -0.2) is 0 Å². The Morgan fingerprint density at radius 2 is 2.03 bits per heavy atom. The monoisotopic (exact) mass is 408 g/mol. The number of nitriles is 1. The fraction of sp³-hybridized carbons (Fsp3) is 0.150. The van der Waals surface area contributed by atoms with Crippen LogP contribution in [0.15, 0.2) is 65.2 Å². The van der Waals surface area contributed by atoms with Crippen LogP contribution in [0, 0.1) is 21.4 Å². The number of allylic oxidation sites excluding steroid dienone is 1. The van der Waals surface area contributed by atoms with Gasteiger partial charge in [0.05, 0.1) is 27.3 Å². The highest BCUT2D eigenvalue weighted by Crippen LogP contribution is 2.36. The first-order valence-electron chi connectivity index (χ1n) is 8.64. The van der Waals surface area contributed by atoms with Crippen LogP contribution in [0.3, 0.4) is 0 Å². The predicted octanol–water partition coefficient (Wildman–Crippen LogP) is 3.31. The van der Waals surface area contributed by atoms with Crippen LogP contribution in [0.1, 0.15) is 17.9 Å². The van der Waals surface area contributed by atoms with E-state index >= 15 is 0 Å². The van der Waals surface area contributed by atoms with Crippen molar-refractivity contribution in [1.82, 2.24) is 5.32 Å². The van der Waals surface area contributed by atoms with E-state index in [-0.39, 0.29) is 35.2 Å². The second-order valence-corrected chi connectivity index (χ2v) is 7.20. The van der Waals surface area contributed by atoms with Gasteiger partial charge in [0.15, 0.2) is 0 Å². The van der Waals surface area contributed by atoms with Gasteiger partial charge in [0.2, 0.25) is 11.8 Å². The first-order valence-corrected chi connectivity index (χ1v) is 9.62. The van der Waals surface area contributed by atoms with Crippen LogP contribution in [-0.2, 0) is 9.59 Å². The number of hydrogen-bond acceptors (Lipinski definition) is 6. The Balaban J connectivity index is 1.80. The van der Waals surface area contributed by atoms with Gasteiger partial charge in [-0.2, -0.15) is 5.26 Å². The maximum Gasteiger partial charge on any atom is 0.269 e. The van der Waals surface area contributed by atoms with E-state index in [2.05, 4.69) is 16.7 Å². The number of carbonyl (C=O) groups is 2. The maximum atomic E-state index is 12.2. The molecule has 2 aromatic rings. The SMILES string of the molecule is N#CC1=C(SCC(=O)Nc2ccccc2)NC(=O)C[C@@H]1c1cccc([N+](=O)[O-])c1. The number of nitrogens with one attached hydrogen (secondary N) is 2. The van der Waals surface area contributed by atoms with Gasteiger partial charge in [-0.3, -0.25) is 19.7 Å². The molecule has 146 valence electrons. The second kappa shape index (κ2) is 9.03. The number of thioether (sulfide) groups is 1. The minimum atomic E-state index is -0.603. The number of non-ortho nitro benzene ring substituents is 1. The highest BCUT2D eigenvalue weighted by atomic mass is 32.2. The van der Waals surface area contributed by atoms with Crippen molar-refractivity contribution in [3.63, 3.8) is 0 Å². The summed E-state index contributed by atoms with van der Waals surface area (Å²) in [4.78, 5) is 34.9. The minimum Gasteiger partial charge on any atom is -0.325 e. The predicted molar refractivity (Wildman–Crippen MR) is 109 cm³/mol. The van der Waals surface area contributed by atoms with Crippen LogP contribution in [0.5, 0.6) is 0 Å². The van der Waals surface area contributed by atoms with Crippen LogP contribution in [0.2, 0.25) is 0 Å². The Morgan fingerprint density at radius 3 is 2.72 bits per heavy atom. The zero-order chi connectivity index (χ0) is 20.8. The average Bonchev–Trinajstić information content (AvgIpc) is 2.72. The standard InChI is InChI=1S/C20H16N4O4S/c21-11-17-16(13-5-4-8-15(9-13)24(27)28)10-18(25)23-20(17)29-12-19(26)22-14-6-2-1-3-7-14/h1-9,16H,10,12H2,(H,22,26)(H,23,25)/t16-/m1/s1. The van der Waals surface area contributed by atoms with Gasteiger partial charge in [-0.1, -0.05) is 42.1 Å². The smallest absolute Gasteiger partial charge is 0.269 e. The molecule has 1 aliphatic heterocycles. The van der Waals surface area contributed by atoms with Crippen molar-refractivity contribution in [3.05, 3.63) is 80.9 Å². The van der Waals surface area contributed by atoms with Crippen LogP contribution in [0.4, 0.5) is 11.4 Å². The second-order valence-electron chi connectivity index (χ2n) is 6.21. The van der Waals surface area contributed by atoms with Crippen molar-refractivity contribution >= 4 is 35.0 Å². The lowest BCUT2D eigenvalue weighted by Gasteiger charge is -2.24. The highest BCUT2D eigenvalue weighted by molar-refractivity contribution is 8.03. The fourth-order valence-corrected chi connectivity index (χ4v) is 3.81. The summed E-state index contributed by atoms with van der Waals surface area (Å²) in [6.45, 7) is 0. The first-order chi connectivity index (χ1) is 14.0. The van der Waals surface area contributed by atoms with Gasteiger partial charge in [-0.05, 0) is 17.7 Å². The normalized spacial score (nSPS) is 16.0. The van der Waals surface area contributed by atoms with E-state index in [4.69, 9.17) is 0 Å². The van der Waals surface area contributed by atoms with Crippen LogP contribution in [0.25, 0.3) is 0 Å². The number of para-hydroxylation sites is 1. The third kappa shape index (κ3) is 5.00. The van der Waals surface area contributed by atoms with Crippen molar-refractivity contribution < 1.29 is 14.5 Å². The molecule has 2 aromatic carbocycles. The molecule has 0 fully saturated rings. The summed E-state index contributed by atoms with van der Waals surface area (Å²) in [6, 6.07) is 16.9. The summed E-state index contributed by atoms with van der Waals surface area (Å²) in [5, 5.41) is 26.4. The van der Waals surface area contributed by atoms with Crippen molar-refractivity contribution in [2.24, 2.45) is 0 Å². The van der Waals surface area contributed by atoms with E-state index in [0.29, 0.717) is 16.3 Å². The number of nitrogens with zero attached hydrogens (tertiary/aromatic N) is 2. The van der Waals surface area contributed by atoms with Gasteiger partial charge >= 0.3 is 0 Å². The largest absolute Gasteiger partial charge is 0.325 e. The maximum absolute atomic E-state index is 12.2. The molecule has 1 atom stereocenters. The molecule has 2 amide bonds.